The molecule has 3 aromatic rings. The summed E-state index contributed by atoms with van der Waals surface area (Å²) >= 11 is 7.95. The highest BCUT2D eigenvalue weighted by Crippen LogP contribution is 2.27. The fraction of sp³-hybridized carbons (Fsp3) is 0.273. The molecule has 2 heterocycles. The highest BCUT2D eigenvalue weighted by atomic mass is 35.5. The Morgan fingerprint density at radius 2 is 1.94 bits per heavy atom. The van der Waals surface area contributed by atoms with Gasteiger partial charge in [0.25, 0.3) is 5.91 Å². The number of pyridine rings is 1. The molecule has 2 aromatic heterocycles. The van der Waals surface area contributed by atoms with Crippen molar-refractivity contribution in [2.45, 2.75) is 38.8 Å². The summed E-state index contributed by atoms with van der Waals surface area (Å²) in [5.74, 6) is 0.396. The van der Waals surface area contributed by atoms with Crippen molar-refractivity contribution in [2.75, 3.05) is 16.4 Å². The minimum absolute atomic E-state index is 0.235. The average molecular weight is 458 g/mol. The van der Waals surface area contributed by atoms with Gasteiger partial charge in [0, 0.05) is 17.6 Å². The number of carbonyl (C=O) groups is 2. The van der Waals surface area contributed by atoms with Crippen LogP contribution in [0.25, 0.3) is 0 Å². The molecular formula is C22H24ClN5O2S. The van der Waals surface area contributed by atoms with E-state index in [2.05, 4.69) is 20.7 Å². The van der Waals surface area contributed by atoms with Crippen molar-refractivity contribution in [3.8, 4) is 0 Å². The molecule has 1 unspecified atom stereocenters. The lowest BCUT2D eigenvalue weighted by Crippen LogP contribution is -2.25. The molecule has 1 atom stereocenters. The summed E-state index contributed by atoms with van der Waals surface area (Å²) in [5.41, 5.74) is 3.18. The van der Waals surface area contributed by atoms with E-state index in [9.17, 15) is 9.59 Å². The van der Waals surface area contributed by atoms with Crippen molar-refractivity contribution < 1.29 is 9.59 Å². The first kappa shape index (κ1) is 22.8. The van der Waals surface area contributed by atoms with Gasteiger partial charge in [0.2, 0.25) is 5.91 Å². The highest BCUT2D eigenvalue weighted by Gasteiger charge is 2.19. The Labute approximate surface area is 190 Å². The van der Waals surface area contributed by atoms with Gasteiger partial charge in [0.15, 0.2) is 0 Å². The smallest absolute Gasteiger partial charge is 0.257 e. The number of aromatic nitrogens is 3. The van der Waals surface area contributed by atoms with Gasteiger partial charge in [-0.1, -0.05) is 18.5 Å². The summed E-state index contributed by atoms with van der Waals surface area (Å²) in [6.45, 7) is 7.60. The molecule has 0 aliphatic carbocycles. The van der Waals surface area contributed by atoms with E-state index >= 15 is 0 Å². The second-order valence-corrected chi connectivity index (χ2v) is 8.70. The molecule has 2 amide bonds. The van der Waals surface area contributed by atoms with E-state index < -0.39 is 6.04 Å². The van der Waals surface area contributed by atoms with Gasteiger partial charge < -0.3 is 10.6 Å². The van der Waals surface area contributed by atoms with Crippen LogP contribution in [0.2, 0.25) is 5.02 Å². The molecule has 0 saturated heterocycles. The van der Waals surface area contributed by atoms with Crippen LogP contribution in [0.1, 0.15) is 41.6 Å². The molecule has 1 aromatic carbocycles. The Morgan fingerprint density at radius 3 is 2.52 bits per heavy atom. The second kappa shape index (κ2) is 9.98. The van der Waals surface area contributed by atoms with Crippen molar-refractivity contribution in [2.24, 2.45) is 0 Å². The van der Waals surface area contributed by atoms with Crippen LogP contribution in [0, 0.1) is 13.8 Å². The summed E-state index contributed by atoms with van der Waals surface area (Å²) in [7, 11) is 0. The van der Waals surface area contributed by atoms with Gasteiger partial charge in [0.05, 0.1) is 27.0 Å². The maximum atomic E-state index is 12.6. The summed E-state index contributed by atoms with van der Waals surface area (Å²) in [4.78, 5) is 29.4. The van der Waals surface area contributed by atoms with Crippen LogP contribution in [-0.2, 0) is 4.79 Å². The van der Waals surface area contributed by atoms with E-state index in [1.807, 2.05) is 32.9 Å². The summed E-state index contributed by atoms with van der Waals surface area (Å²) in [5, 5.41) is 11.2. The Morgan fingerprint density at radius 1 is 1.16 bits per heavy atom. The topological polar surface area (TPSA) is 88.9 Å². The fourth-order valence-corrected chi connectivity index (χ4v) is 3.85. The number of halogens is 1. The zero-order valence-electron chi connectivity index (χ0n) is 17.8. The number of aryl methyl sites for hydroxylation is 2. The number of hydrogen-bond donors (Lipinski definition) is 2. The standard InChI is InChI=1S/C22H24ClN5O2S/c1-5-31-20-9-6-16(12-24-20)22(30)25-17-7-8-19(18(23)11-17)26-21(29)15(4)28-14(3)10-13(2)27-28/h6-12,15H,5H2,1-4H3,(H,25,30)(H,26,29). The van der Waals surface area contributed by atoms with Gasteiger partial charge in [0.1, 0.15) is 6.04 Å². The van der Waals surface area contributed by atoms with Gasteiger partial charge in [-0.3, -0.25) is 14.3 Å². The van der Waals surface area contributed by atoms with E-state index in [1.54, 1.807) is 53.8 Å². The Kier molecular flexibility index (Phi) is 7.35. The van der Waals surface area contributed by atoms with E-state index in [0.717, 1.165) is 22.2 Å². The molecule has 31 heavy (non-hydrogen) atoms. The van der Waals surface area contributed by atoms with Crippen LogP contribution in [0.15, 0.2) is 47.6 Å². The molecular weight excluding hydrogens is 434 g/mol. The third-order valence-electron chi connectivity index (χ3n) is 4.57. The highest BCUT2D eigenvalue weighted by molar-refractivity contribution is 7.99. The lowest BCUT2D eigenvalue weighted by Gasteiger charge is -2.16. The molecule has 0 radical (unpaired) electrons. The Hall–Kier alpha value is -2.84. The number of carbonyl (C=O) groups excluding carboxylic acids is 2. The molecule has 2 N–H and O–H groups in total. The van der Waals surface area contributed by atoms with Crippen LogP contribution >= 0.6 is 23.4 Å². The van der Waals surface area contributed by atoms with E-state index in [0.29, 0.717) is 22.0 Å². The number of amides is 2. The number of benzene rings is 1. The number of nitrogens with zero attached hydrogens (tertiary/aromatic N) is 3. The van der Waals surface area contributed by atoms with Crippen molar-refractivity contribution >= 4 is 46.6 Å². The molecule has 7 nitrogen and oxygen atoms in total. The third-order valence-corrected chi connectivity index (χ3v) is 5.71. The predicted octanol–water partition coefficient (Wildman–Crippen LogP) is 5.11. The van der Waals surface area contributed by atoms with E-state index in [-0.39, 0.29) is 11.8 Å². The minimum atomic E-state index is -0.495. The van der Waals surface area contributed by atoms with Crippen LogP contribution in [0.4, 0.5) is 11.4 Å². The number of rotatable bonds is 7. The van der Waals surface area contributed by atoms with E-state index in [4.69, 9.17) is 11.6 Å². The van der Waals surface area contributed by atoms with Crippen molar-refractivity contribution in [3.05, 3.63) is 64.6 Å². The molecule has 3 rings (SSSR count). The molecule has 9 heteroatoms. The quantitative estimate of drug-likeness (QED) is 0.481. The summed E-state index contributed by atoms with van der Waals surface area (Å²) in [6, 6.07) is 9.91. The maximum absolute atomic E-state index is 12.6. The Balaban J connectivity index is 1.66. The lowest BCUT2D eigenvalue weighted by molar-refractivity contribution is -0.119. The monoisotopic (exact) mass is 457 g/mol. The zero-order valence-corrected chi connectivity index (χ0v) is 19.3. The maximum Gasteiger partial charge on any atom is 0.257 e. The SMILES string of the molecule is CCSc1ccc(C(=O)Nc2ccc(NC(=O)C(C)n3nc(C)cc3C)c(Cl)c2)cn1. The van der Waals surface area contributed by atoms with Crippen LogP contribution in [0.5, 0.6) is 0 Å². The van der Waals surface area contributed by atoms with Crippen LogP contribution in [0.3, 0.4) is 0 Å². The normalized spacial score (nSPS) is 11.8. The first-order valence-corrected chi connectivity index (χ1v) is 11.2. The molecule has 0 aliphatic rings. The Bertz CT molecular complexity index is 1100. The van der Waals surface area contributed by atoms with Gasteiger partial charge in [-0.05, 0) is 62.9 Å². The molecule has 0 bridgehead atoms. The molecule has 0 aliphatic heterocycles. The van der Waals surface area contributed by atoms with Crippen molar-refractivity contribution in [1.29, 1.82) is 0 Å². The van der Waals surface area contributed by atoms with Gasteiger partial charge in [-0.25, -0.2) is 4.98 Å². The van der Waals surface area contributed by atoms with Gasteiger partial charge in [-0.2, -0.15) is 5.10 Å². The second-order valence-electron chi connectivity index (χ2n) is 7.00. The first-order valence-electron chi connectivity index (χ1n) is 9.82. The number of anilines is 2. The summed E-state index contributed by atoms with van der Waals surface area (Å²) in [6.07, 6.45) is 1.55. The largest absolute Gasteiger partial charge is 0.323 e. The average Bonchev–Trinajstić information content (AvgIpc) is 3.08. The van der Waals surface area contributed by atoms with Gasteiger partial charge >= 0.3 is 0 Å². The van der Waals surface area contributed by atoms with Crippen LogP contribution in [-0.4, -0.2) is 32.3 Å². The van der Waals surface area contributed by atoms with Crippen molar-refractivity contribution in [1.82, 2.24) is 14.8 Å². The number of hydrogen-bond acceptors (Lipinski definition) is 5. The molecule has 0 saturated carbocycles. The fourth-order valence-electron chi connectivity index (χ4n) is 3.03. The lowest BCUT2D eigenvalue weighted by atomic mass is 10.2. The van der Waals surface area contributed by atoms with Gasteiger partial charge in [-0.15, -0.1) is 11.8 Å². The van der Waals surface area contributed by atoms with Crippen molar-refractivity contribution in [3.63, 3.8) is 0 Å². The molecule has 0 spiro atoms. The molecule has 0 fully saturated rings. The minimum Gasteiger partial charge on any atom is -0.323 e. The number of thioether (sulfide) groups is 1. The van der Waals surface area contributed by atoms with E-state index in [1.165, 1.54) is 0 Å². The molecule has 162 valence electrons. The zero-order chi connectivity index (χ0) is 22.5. The summed E-state index contributed by atoms with van der Waals surface area (Å²) < 4.78 is 1.67. The predicted molar refractivity (Wildman–Crippen MR) is 125 cm³/mol. The first-order chi connectivity index (χ1) is 14.8. The number of nitrogens with one attached hydrogen (secondary N) is 2. The van der Waals surface area contributed by atoms with Crippen LogP contribution < -0.4 is 10.6 Å². The third kappa shape index (κ3) is 5.65.